The van der Waals surface area contributed by atoms with Crippen LogP contribution in [0.4, 0.5) is 10.2 Å². The zero-order valence-electron chi connectivity index (χ0n) is 17.4. The molecule has 3 heterocycles. The van der Waals surface area contributed by atoms with Gasteiger partial charge in [-0.3, -0.25) is 9.13 Å². The van der Waals surface area contributed by atoms with Crippen LogP contribution >= 0.6 is 7.60 Å². The van der Waals surface area contributed by atoms with Gasteiger partial charge < -0.3 is 34.8 Å². The van der Waals surface area contributed by atoms with Crippen LogP contribution in [0.25, 0.3) is 11.2 Å². The lowest BCUT2D eigenvalue weighted by Gasteiger charge is -2.17. The molecule has 1 unspecified atom stereocenters. The second-order valence-electron chi connectivity index (χ2n) is 7.68. The molecule has 0 radical (unpaired) electrons. The van der Waals surface area contributed by atoms with Crippen molar-refractivity contribution in [1.82, 2.24) is 19.5 Å². The first-order valence-electron chi connectivity index (χ1n) is 9.97. The third-order valence-corrected chi connectivity index (χ3v) is 5.73. The molecule has 1 fully saturated rings. The first-order valence-corrected chi connectivity index (χ1v) is 11.8. The van der Waals surface area contributed by atoms with Crippen LogP contribution < -0.4 is 5.32 Å². The van der Waals surface area contributed by atoms with Crippen molar-refractivity contribution >= 4 is 24.6 Å². The van der Waals surface area contributed by atoms with E-state index < -0.39 is 38.5 Å². The predicted octanol–water partition coefficient (Wildman–Crippen LogP) is 0.909. The number of aliphatic hydroxyl groups excluding tert-OH is 2. The molecule has 0 bridgehead atoms. The molecule has 0 amide bonds. The number of halogens is 1. The van der Waals surface area contributed by atoms with Gasteiger partial charge in [0, 0.05) is 0 Å². The lowest BCUT2D eigenvalue weighted by atomic mass is 10.1. The highest BCUT2D eigenvalue weighted by molar-refractivity contribution is 7.51. The van der Waals surface area contributed by atoms with Crippen molar-refractivity contribution in [1.29, 1.82) is 0 Å². The quantitative estimate of drug-likeness (QED) is 0.288. The van der Waals surface area contributed by atoms with Gasteiger partial charge in [-0.05, 0) is 24.6 Å². The molecule has 0 spiro atoms. The van der Waals surface area contributed by atoms with Gasteiger partial charge in [0.05, 0.1) is 19.0 Å². The molecule has 0 aliphatic carbocycles. The summed E-state index contributed by atoms with van der Waals surface area (Å²) in [5.41, 5.74) is 1.39. The first kappa shape index (κ1) is 23.6. The van der Waals surface area contributed by atoms with Crippen molar-refractivity contribution in [2.75, 3.05) is 18.3 Å². The molecule has 33 heavy (non-hydrogen) atoms. The van der Waals surface area contributed by atoms with Crippen LogP contribution in [-0.2, 0) is 14.0 Å². The SMILES string of the molecule is CC(Nc1ncnc2c1ncn2[C@@H]1O[C@H](COCP(=O)(O)O)[C@@H](O)[C@H]1O)c1cccc(F)c1. The number of aliphatic hydroxyl groups is 2. The number of aromatic nitrogens is 4. The predicted molar refractivity (Wildman–Crippen MR) is 113 cm³/mol. The van der Waals surface area contributed by atoms with E-state index in [1.54, 1.807) is 12.1 Å². The molecule has 1 aromatic carbocycles. The Morgan fingerprint density at radius 3 is 2.79 bits per heavy atom. The number of rotatable bonds is 8. The fourth-order valence-corrected chi connectivity index (χ4v) is 3.94. The Morgan fingerprint density at radius 2 is 2.06 bits per heavy atom. The number of anilines is 1. The van der Waals surface area contributed by atoms with Crippen LogP contribution in [0.15, 0.2) is 36.9 Å². The van der Waals surface area contributed by atoms with Crippen molar-refractivity contribution in [3.05, 3.63) is 48.3 Å². The standard InChI is InChI=1S/C19H23FN5O7P/c1-10(11-3-2-4-12(20)5-11)24-17-14-18(22-7-21-17)25(8-23-14)19-16(27)15(26)13(32-19)6-31-9-33(28,29)30/h2-5,7-8,10,13,15-16,19,26-27H,6,9H2,1H3,(H,21,22,24)(H2,28,29,30)/t10?,13-,15-,16-,19-/m1/s1. The van der Waals surface area contributed by atoms with E-state index in [4.69, 9.17) is 19.3 Å². The molecular formula is C19H23FN5O7P. The van der Waals surface area contributed by atoms with Gasteiger partial charge in [-0.1, -0.05) is 12.1 Å². The van der Waals surface area contributed by atoms with E-state index in [-0.39, 0.29) is 18.5 Å². The molecule has 2 aromatic heterocycles. The van der Waals surface area contributed by atoms with Crippen LogP contribution in [0.3, 0.4) is 0 Å². The molecule has 0 saturated carbocycles. The second kappa shape index (κ2) is 9.39. The normalized spacial score (nSPS) is 24.3. The minimum atomic E-state index is -4.38. The maximum atomic E-state index is 13.6. The lowest BCUT2D eigenvalue weighted by Crippen LogP contribution is -2.33. The van der Waals surface area contributed by atoms with E-state index in [2.05, 4.69) is 20.3 Å². The summed E-state index contributed by atoms with van der Waals surface area (Å²) < 4.78 is 36.5. The van der Waals surface area contributed by atoms with E-state index in [1.807, 2.05) is 6.92 Å². The van der Waals surface area contributed by atoms with Gasteiger partial charge in [0.1, 0.15) is 36.8 Å². The van der Waals surface area contributed by atoms with Crippen LogP contribution in [-0.4, -0.2) is 70.8 Å². The number of nitrogens with zero attached hydrogens (tertiary/aromatic N) is 4. The highest BCUT2D eigenvalue weighted by atomic mass is 31.2. The molecule has 14 heteroatoms. The van der Waals surface area contributed by atoms with Crippen molar-refractivity contribution < 1.29 is 38.4 Å². The Bertz CT molecular complexity index is 1170. The molecule has 5 N–H and O–H groups in total. The molecule has 1 aliphatic heterocycles. The summed E-state index contributed by atoms with van der Waals surface area (Å²) in [4.78, 5) is 30.5. The molecule has 1 saturated heterocycles. The van der Waals surface area contributed by atoms with Gasteiger partial charge in [-0.25, -0.2) is 19.3 Å². The zero-order chi connectivity index (χ0) is 23.8. The Balaban J connectivity index is 1.53. The maximum absolute atomic E-state index is 13.6. The minimum absolute atomic E-state index is 0.297. The third kappa shape index (κ3) is 5.20. The van der Waals surface area contributed by atoms with Crippen molar-refractivity contribution in [3.8, 4) is 0 Å². The summed E-state index contributed by atoms with van der Waals surface area (Å²) in [7, 11) is -4.38. The van der Waals surface area contributed by atoms with Crippen LogP contribution in [0.5, 0.6) is 0 Å². The van der Waals surface area contributed by atoms with Gasteiger partial charge in [-0.2, -0.15) is 0 Å². The monoisotopic (exact) mass is 483 g/mol. The number of fused-ring (bicyclic) bond motifs is 1. The van der Waals surface area contributed by atoms with Gasteiger partial charge >= 0.3 is 7.60 Å². The lowest BCUT2D eigenvalue weighted by molar-refractivity contribution is -0.0612. The molecule has 1 aliphatic rings. The van der Waals surface area contributed by atoms with Crippen LogP contribution in [0, 0.1) is 5.82 Å². The molecule has 4 rings (SSSR count). The van der Waals surface area contributed by atoms with Gasteiger partial charge in [0.25, 0.3) is 0 Å². The number of benzene rings is 1. The zero-order valence-corrected chi connectivity index (χ0v) is 18.3. The van der Waals surface area contributed by atoms with Gasteiger partial charge in [0.15, 0.2) is 23.2 Å². The average molecular weight is 483 g/mol. The fourth-order valence-electron chi connectivity index (χ4n) is 3.59. The molecule has 3 aromatic rings. The molecule has 12 nitrogen and oxygen atoms in total. The smallest absolute Gasteiger partial charge is 0.350 e. The Hall–Kier alpha value is -2.51. The Labute approximate surface area is 187 Å². The highest BCUT2D eigenvalue weighted by Gasteiger charge is 2.44. The average Bonchev–Trinajstić information content (AvgIpc) is 3.30. The third-order valence-electron chi connectivity index (χ3n) is 5.21. The molecule has 5 atom stereocenters. The summed E-state index contributed by atoms with van der Waals surface area (Å²) >= 11 is 0. The Morgan fingerprint density at radius 1 is 1.27 bits per heavy atom. The molecular weight excluding hydrogens is 460 g/mol. The summed E-state index contributed by atoms with van der Waals surface area (Å²) in [6, 6.07) is 5.85. The number of imidazole rings is 1. The Kier molecular flexibility index (Phi) is 6.73. The van der Waals surface area contributed by atoms with E-state index >= 15 is 0 Å². The largest absolute Gasteiger partial charge is 0.387 e. The van der Waals surface area contributed by atoms with Crippen LogP contribution in [0.2, 0.25) is 0 Å². The van der Waals surface area contributed by atoms with E-state index in [0.717, 1.165) is 0 Å². The molecule has 178 valence electrons. The summed E-state index contributed by atoms with van der Waals surface area (Å²) in [5, 5.41) is 23.9. The van der Waals surface area contributed by atoms with Gasteiger partial charge in [-0.15, -0.1) is 0 Å². The van der Waals surface area contributed by atoms with Crippen molar-refractivity contribution in [2.45, 2.75) is 37.5 Å². The minimum Gasteiger partial charge on any atom is -0.387 e. The summed E-state index contributed by atoms with van der Waals surface area (Å²) in [6.45, 7) is 1.50. The number of nitrogens with one attached hydrogen (secondary N) is 1. The first-order chi connectivity index (χ1) is 15.6. The van der Waals surface area contributed by atoms with Gasteiger partial charge in [0.2, 0.25) is 0 Å². The van der Waals surface area contributed by atoms with E-state index in [9.17, 15) is 19.2 Å². The van der Waals surface area contributed by atoms with Crippen molar-refractivity contribution in [2.24, 2.45) is 0 Å². The number of hydrogen-bond acceptors (Lipinski definition) is 9. The second-order valence-corrected chi connectivity index (χ2v) is 9.27. The number of ether oxygens (including phenoxy) is 2. The van der Waals surface area contributed by atoms with Crippen molar-refractivity contribution in [3.63, 3.8) is 0 Å². The van der Waals surface area contributed by atoms with E-state index in [0.29, 0.717) is 22.5 Å². The highest BCUT2D eigenvalue weighted by Crippen LogP contribution is 2.36. The topological polar surface area (TPSA) is 172 Å². The summed E-state index contributed by atoms with van der Waals surface area (Å²) in [5.74, 6) is 0.0218. The number of hydrogen-bond donors (Lipinski definition) is 5. The van der Waals surface area contributed by atoms with E-state index in [1.165, 1.54) is 29.4 Å². The summed E-state index contributed by atoms with van der Waals surface area (Å²) in [6.07, 6.45) is -3.00. The maximum Gasteiger partial charge on any atom is 0.350 e. The fraction of sp³-hybridized carbons (Fsp3) is 0.421. The van der Waals surface area contributed by atoms with Crippen LogP contribution in [0.1, 0.15) is 24.8 Å².